The molecular weight excluding hydrogens is 509 g/mol. The number of carboxylic acid groups (broad SMARTS) is 1. The van der Waals surface area contributed by atoms with E-state index in [-0.39, 0.29) is 18.8 Å². The number of hydrogen-bond acceptors (Lipinski definition) is 8. The molecule has 6 N–H and O–H groups in total. The van der Waals surface area contributed by atoms with Crippen LogP contribution in [0.2, 0.25) is 0 Å². The Kier molecular flexibility index (Phi) is 13.2. The molecule has 1 saturated heterocycles. The number of methoxy groups -OCH3 is 1. The summed E-state index contributed by atoms with van der Waals surface area (Å²) >= 11 is -0.519. The van der Waals surface area contributed by atoms with E-state index in [1.807, 2.05) is 13.8 Å². The Morgan fingerprint density at radius 1 is 1.27 bits per heavy atom. The Bertz CT molecular complexity index is 497. The van der Waals surface area contributed by atoms with Gasteiger partial charge in [-0.3, -0.25) is 0 Å². The number of nitrogens with one attached hydrogen (secondary N) is 1. The number of alkyl halides is 1. The Morgan fingerprint density at radius 3 is 2.50 bits per heavy atom. The number of carboxylic acids is 1. The van der Waals surface area contributed by atoms with E-state index >= 15 is 0 Å². The summed E-state index contributed by atoms with van der Waals surface area (Å²) in [5.74, 6) is -1.21. The molecule has 180 valence electrons. The number of rotatable bonds is 15. The number of aliphatic hydroxyl groups is 4. The molecule has 0 aliphatic carbocycles. The topological polar surface area (TPSA) is 149 Å². The summed E-state index contributed by atoms with van der Waals surface area (Å²) in [6.45, 7) is 3.78. The molecule has 0 bridgehead atoms. The molecule has 0 aromatic carbocycles. The average molecular weight is 548 g/mol. The van der Waals surface area contributed by atoms with E-state index in [2.05, 4.69) is 3.53 Å². The average Bonchev–Trinajstić information content (AvgIpc) is 2.69. The monoisotopic (exact) mass is 548 g/mol. The van der Waals surface area contributed by atoms with Gasteiger partial charge < -0.3 is 0 Å². The number of halogens is 1. The molecular formula is C20H39INO8-. The molecule has 1 rings (SSSR count). The molecule has 10 heteroatoms. The van der Waals surface area contributed by atoms with E-state index in [1.165, 1.54) is 0 Å². The van der Waals surface area contributed by atoms with E-state index in [1.54, 1.807) is 7.11 Å². The SMILES string of the molecule is COCCCCCC[I-]N[C@H]1C([C@H](O)[C@H](O)CO)O[C@@](CC(C)C)(C(=O)O)C[C@@H]1O. The number of carbonyl (C=O) groups is 1. The summed E-state index contributed by atoms with van der Waals surface area (Å²) in [6, 6.07) is -0.706. The van der Waals surface area contributed by atoms with Crippen molar-refractivity contribution in [3.8, 4) is 0 Å². The third-order valence-corrected chi connectivity index (χ3v) is 7.71. The van der Waals surface area contributed by atoms with Crippen molar-refractivity contribution in [1.29, 1.82) is 0 Å². The van der Waals surface area contributed by atoms with Crippen LogP contribution in [0.5, 0.6) is 0 Å². The van der Waals surface area contributed by atoms with Crippen molar-refractivity contribution in [2.45, 2.75) is 88.4 Å². The van der Waals surface area contributed by atoms with Crippen LogP contribution in [0.4, 0.5) is 0 Å². The Balaban J connectivity index is 2.80. The van der Waals surface area contributed by atoms with Gasteiger partial charge in [-0.2, -0.15) is 0 Å². The van der Waals surface area contributed by atoms with Crippen molar-refractivity contribution in [3.63, 3.8) is 0 Å². The summed E-state index contributed by atoms with van der Waals surface area (Å²) in [6.07, 6.45) is -0.913. The number of aliphatic carboxylic acids is 1. The van der Waals surface area contributed by atoms with E-state index in [4.69, 9.17) is 9.47 Å². The molecule has 0 radical (unpaired) electrons. The molecule has 0 amide bonds. The molecule has 0 saturated carbocycles. The number of aliphatic hydroxyl groups excluding tert-OH is 4. The number of hydrogen-bond donors (Lipinski definition) is 6. The van der Waals surface area contributed by atoms with Crippen LogP contribution in [-0.4, -0.2) is 92.3 Å². The first-order valence-electron chi connectivity index (χ1n) is 10.6. The second-order valence-corrected chi connectivity index (χ2v) is 10.8. The molecule has 1 fully saturated rings. The first-order chi connectivity index (χ1) is 14.2. The third kappa shape index (κ3) is 8.45. The van der Waals surface area contributed by atoms with Gasteiger partial charge in [0.25, 0.3) is 0 Å². The van der Waals surface area contributed by atoms with E-state index < -0.39 is 70.1 Å². The van der Waals surface area contributed by atoms with Crippen LogP contribution in [0, 0.1) is 5.92 Å². The second-order valence-electron chi connectivity index (χ2n) is 8.36. The molecule has 1 aliphatic heterocycles. The summed E-state index contributed by atoms with van der Waals surface area (Å²) < 4.78 is 15.2. The van der Waals surface area contributed by atoms with Gasteiger partial charge in [0, 0.05) is 0 Å². The molecule has 0 aromatic rings. The summed E-state index contributed by atoms with van der Waals surface area (Å²) in [7, 11) is 1.69. The number of unbranched alkanes of at least 4 members (excludes halogenated alkanes) is 3. The minimum absolute atomic E-state index is 0.0103. The first kappa shape index (κ1) is 28.0. The predicted molar refractivity (Wildman–Crippen MR) is 107 cm³/mol. The molecule has 1 heterocycles. The fourth-order valence-corrected chi connectivity index (χ4v) is 6.24. The van der Waals surface area contributed by atoms with E-state index in [0.717, 1.165) is 36.7 Å². The van der Waals surface area contributed by atoms with Gasteiger partial charge in [-0.25, -0.2) is 0 Å². The van der Waals surface area contributed by atoms with Gasteiger partial charge in [0.15, 0.2) is 0 Å². The summed E-state index contributed by atoms with van der Waals surface area (Å²) in [5.41, 5.74) is -1.65. The first-order valence-corrected chi connectivity index (χ1v) is 13.2. The van der Waals surface area contributed by atoms with Gasteiger partial charge in [-0.1, -0.05) is 0 Å². The normalized spacial score (nSPS) is 29.3. The Hall–Kier alpha value is -0.0800. The van der Waals surface area contributed by atoms with Crippen molar-refractivity contribution in [1.82, 2.24) is 3.53 Å². The minimum atomic E-state index is -1.65. The predicted octanol–water partition coefficient (Wildman–Crippen LogP) is -3.11. The standard InChI is InChI=1S/C20H39INO8/c1-13(2)10-20(19(27)28)11-14(24)16(18(30-20)17(26)15(25)12-23)22-21-8-6-4-5-7-9-29-3/h13-18,22-26H,4-12H2,1-3H3,(H,27,28)/q-1/t14-,15+,16+,17+,18?,20+/m0/s1. The van der Waals surface area contributed by atoms with Gasteiger partial charge in [0.1, 0.15) is 0 Å². The van der Waals surface area contributed by atoms with Crippen molar-refractivity contribution in [2.24, 2.45) is 5.92 Å². The zero-order valence-electron chi connectivity index (χ0n) is 18.2. The van der Waals surface area contributed by atoms with Gasteiger partial charge in [-0.15, -0.1) is 0 Å². The molecule has 1 unspecified atom stereocenters. The molecule has 6 atom stereocenters. The van der Waals surface area contributed by atoms with Gasteiger partial charge in [-0.05, 0) is 0 Å². The van der Waals surface area contributed by atoms with Crippen LogP contribution >= 0.6 is 0 Å². The maximum atomic E-state index is 12.0. The Labute approximate surface area is 189 Å². The van der Waals surface area contributed by atoms with Crippen LogP contribution in [0.25, 0.3) is 0 Å². The van der Waals surface area contributed by atoms with Gasteiger partial charge in [0.05, 0.1) is 0 Å². The van der Waals surface area contributed by atoms with Gasteiger partial charge in [0.2, 0.25) is 0 Å². The van der Waals surface area contributed by atoms with Crippen LogP contribution in [0.15, 0.2) is 0 Å². The maximum absolute atomic E-state index is 12.0. The summed E-state index contributed by atoms with van der Waals surface area (Å²) in [4.78, 5) is 12.0. The van der Waals surface area contributed by atoms with Crippen LogP contribution in [-0.2, 0) is 14.3 Å². The quantitative estimate of drug-likeness (QED) is 0.0542. The van der Waals surface area contributed by atoms with Crippen LogP contribution in [0.3, 0.4) is 0 Å². The van der Waals surface area contributed by atoms with Crippen LogP contribution < -0.4 is 25.0 Å². The zero-order chi connectivity index (χ0) is 22.7. The van der Waals surface area contributed by atoms with E-state index in [9.17, 15) is 30.3 Å². The molecule has 30 heavy (non-hydrogen) atoms. The van der Waals surface area contributed by atoms with Gasteiger partial charge >= 0.3 is 190 Å². The molecule has 0 spiro atoms. The summed E-state index contributed by atoms with van der Waals surface area (Å²) in [5, 5.41) is 50.3. The zero-order valence-corrected chi connectivity index (χ0v) is 20.3. The Morgan fingerprint density at radius 2 is 1.93 bits per heavy atom. The van der Waals surface area contributed by atoms with Crippen LogP contribution in [0.1, 0.15) is 52.4 Å². The fraction of sp³-hybridized carbons (Fsp3) is 0.950. The van der Waals surface area contributed by atoms with Crippen molar-refractivity contribution in [2.75, 3.05) is 24.8 Å². The number of ether oxygens (including phenoxy) is 2. The van der Waals surface area contributed by atoms with Crippen molar-refractivity contribution < 1.29 is 61.3 Å². The molecule has 0 aromatic heterocycles. The molecule has 9 nitrogen and oxygen atoms in total. The van der Waals surface area contributed by atoms with Crippen molar-refractivity contribution in [3.05, 3.63) is 0 Å². The fourth-order valence-electron chi connectivity index (χ4n) is 3.73. The van der Waals surface area contributed by atoms with Crippen molar-refractivity contribution >= 4 is 5.97 Å². The van der Waals surface area contributed by atoms with E-state index in [0.29, 0.717) is 0 Å². The third-order valence-electron chi connectivity index (χ3n) is 5.24. The molecule has 1 aliphatic rings. The second kappa shape index (κ2) is 14.1.